The third-order valence-electron chi connectivity index (χ3n) is 18.0. The van der Waals surface area contributed by atoms with Crippen molar-refractivity contribution < 1.29 is 0 Å². The Bertz CT molecular complexity index is 5890. The van der Waals surface area contributed by atoms with E-state index in [-0.39, 0.29) is 0 Å². The molecule has 0 aliphatic carbocycles. The highest BCUT2D eigenvalue weighted by atomic mass is 32.1. The Morgan fingerprint density at radius 3 is 0.966 bits per heavy atom. The average molecular weight is 1160 g/mol. The lowest BCUT2D eigenvalue weighted by molar-refractivity contribution is 1.01. The zero-order chi connectivity index (χ0) is 59.2. The lowest BCUT2D eigenvalue weighted by Gasteiger charge is -2.30. The third kappa shape index (κ3) is 7.71. The molecule has 0 saturated heterocycles. The van der Waals surface area contributed by atoms with Gasteiger partial charge in [-0.05, 0) is 113 Å². The zero-order valence-corrected chi connectivity index (χ0v) is 50.1. The van der Waals surface area contributed by atoms with Gasteiger partial charge in [-0.1, -0.05) is 192 Å². The number of hydrogen-bond acceptors (Lipinski definition) is 5. The van der Waals surface area contributed by atoms with Crippen LogP contribution in [0.5, 0.6) is 0 Å². The zero-order valence-electron chi connectivity index (χ0n) is 49.2. The Morgan fingerprint density at radius 2 is 0.573 bits per heavy atom. The van der Waals surface area contributed by atoms with E-state index in [1.807, 2.05) is 12.1 Å². The van der Waals surface area contributed by atoms with Gasteiger partial charge >= 0.3 is 0 Å². The van der Waals surface area contributed by atoms with Crippen LogP contribution >= 0.6 is 11.3 Å². The standard InChI is InChI=1S/C80H54N8S/c1-47-35-39-66-57(43-47)53-25-11-16-30-62(53)85(66)73-71(79-83-77(51-21-7-5-8-22-51)82-78(84-79)52-23-9-6-10-24-52)72(80-81-61-29-15-20-34-70(61)89-80)74(86-63-31-17-12-26-54(63)58-44-48(2)36-40-67(58)86)76(88-65-33-19-14-28-56(65)60-46-50(4)38-42-69(60)88)75(73)87-64-32-18-13-27-55(64)59-45-49(3)37-41-68(59)87/h5-46H,1-4H3. The molecule has 0 N–H and O–H groups in total. The molecule has 9 heteroatoms. The number of para-hydroxylation sites is 5. The summed E-state index contributed by atoms with van der Waals surface area (Å²) >= 11 is 1.70. The van der Waals surface area contributed by atoms with Crippen LogP contribution in [-0.2, 0) is 0 Å². The fourth-order valence-corrected chi connectivity index (χ4v) is 15.2. The molecule has 12 aromatic carbocycles. The summed E-state index contributed by atoms with van der Waals surface area (Å²) in [5, 5.41) is 9.97. The first-order valence-electron chi connectivity index (χ1n) is 30.3. The van der Waals surface area contributed by atoms with Crippen molar-refractivity contribution in [2.45, 2.75) is 27.7 Å². The van der Waals surface area contributed by atoms with E-state index < -0.39 is 0 Å². The number of nitrogens with zero attached hydrogens (tertiary/aromatic N) is 8. The second-order valence-electron chi connectivity index (χ2n) is 23.7. The number of aryl methyl sites for hydroxylation is 4. The van der Waals surface area contributed by atoms with Gasteiger partial charge in [0.05, 0.1) is 88.2 Å². The molecule has 0 spiro atoms. The van der Waals surface area contributed by atoms with E-state index in [1.54, 1.807) is 11.3 Å². The summed E-state index contributed by atoms with van der Waals surface area (Å²) in [6, 6.07) is 92.8. The van der Waals surface area contributed by atoms with E-state index in [4.69, 9.17) is 19.9 Å². The van der Waals surface area contributed by atoms with Gasteiger partial charge in [-0.15, -0.1) is 11.3 Å². The molecule has 420 valence electrons. The van der Waals surface area contributed by atoms with Crippen LogP contribution in [0.4, 0.5) is 0 Å². The largest absolute Gasteiger partial charge is 0.306 e. The predicted molar refractivity (Wildman–Crippen MR) is 371 cm³/mol. The summed E-state index contributed by atoms with van der Waals surface area (Å²) in [7, 11) is 0. The van der Waals surface area contributed by atoms with Gasteiger partial charge < -0.3 is 18.3 Å². The van der Waals surface area contributed by atoms with E-state index in [9.17, 15) is 0 Å². The molecular formula is C80H54N8S. The van der Waals surface area contributed by atoms with Crippen LogP contribution in [0.15, 0.2) is 255 Å². The average Bonchev–Trinajstić information content (AvgIpc) is 1.62. The predicted octanol–water partition coefficient (Wildman–Crippen LogP) is 20.8. The highest BCUT2D eigenvalue weighted by Crippen LogP contribution is 2.55. The molecule has 0 radical (unpaired) electrons. The second kappa shape index (κ2) is 19.6. The fraction of sp³-hybridized carbons (Fsp3) is 0.0500. The van der Waals surface area contributed by atoms with Gasteiger partial charge in [0.15, 0.2) is 17.5 Å². The van der Waals surface area contributed by atoms with Crippen molar-refractivity contribution in [3.63, 3.8) is 0 Å². The van der Waals surface area contributed by atoms with Crippen LogP contribution in [0, 0.1) is 27.7 Å². The van der Waals surface area contributed by atoms with E-state index in [0.29, 0.717) is 17.5 Å². The summed E-state index contributed by atoms with van der Waals surface area (Å²) < 4.78 is 11.3. The van der Waals surface area contributed by atoms with Crippen LogP contribution in [-0.4, -0.2) is 38.2 Å². The van der Waals surface area contributed by atoms with Crippen molar-refractivity contribution in [1.29, 1.82) is 0 Å². The van der Waals surface area contributed by atoms with Gasteiger partial charge in [-0.2, -0.15) is 0 Å². The second-order valence-corrected chi connectivity index (χ2v) is 24.7. The van der Waals surface area contributed by atoms with Crippen molar-refractivity contribution in [2.75, 3.05) is 0 Å². The fourth-order valence-electron chi connectivity index (χ4n) is 14.2. The van der Waals surface area contributed by atoms with Crippen molar-refractivity contribution in [2.24, 2.45) is 0 Å². The molecule has 18 rings (SSSR count). The van der Waals surface area contributed by atoms with E-state index in [0.717, 1.165) is 147 Å². The molecular weight excluding hydrogens is 1110 g/mol. The number of benzene rings is 12. The Morgan fingerprint density at radius 1 is 0.258 bits per heavy atom. The van der Waals surface area contributed by atoms with E-state index in [2.05, 4.69) is 289 Å². The number of fused-ring (bicyclic) bond motifs is 13. The van der Waals surface area contributed by atoms with Gasteiger partial charge in [-0.25, -0.2) is 19.9 Å². The number of rotatable bonds is 8. The summed E-state index contributed by atoms with van der Waals surface area (Å²) in [6.45, 7) is 8.79. The van der Waals surface area contributed by atoms with Crippen molar-refractivity contribution in [1.82, 2.24) is 38.2 Å². The molecule has 8 nitrogen and oxygen atoms in total. The summed E-state index contributed by atoms with van der Waals surface area (Å²) in [4.78, 5) is 23.2. The van der Waals surface area contributed by atoms with Crippen LogP contribution in [0.3, 0.4) is 0 Å². The minimum Gasteiger partial charge on any atom is -0.306 e. The Labute approximate surface area is 516 Å². The molecule has 6 heterocycles. The maximum atomic E-state index is 5.92. The first-order valence-corrected chi connectivity index (χ1v) is 31.1. The smallest absolute Gasteiger partial charge is 0.167 e. The van der Waals surface area contributed by atoms with Gasteiger partial charge in [-0.3, -0.25) is 0 Å². The monoisotopic (exact) mass is 1160 g/mol. The quantitative estimate of drug-likeness (QED) is 0.152. The maximum absolute atomic E-state index is 5.92. The molecule has 0 unspecified atom stereocenters. The Hall–Kier alpha value is -11.3. The van der Waals surface area contributed by atoms with Crippen molar-refractivity contribution in [3.05, 3.63) is 277 Å². The van der Waals surface area contributed by atoms with Crippen molar-refractivity contribution >= 4 is 109 Å². The van der Waals surface area contributed by atoms with Crippen LogP contribution < -0.4 is 0 Å². The summed E-state index contributed by atoms with van der Waals surface area (Å²) in [6.07, 6.45) is 0. The number of thiazole rings is 1. The summed E-state index contributed by atoms with van der Waals surface area (Å²) in [5.74, 6) is 1.61. The van der Waals surface area contributed by atoms with Crippen LogP contribution in [0.2, 0.25) is 0 Å². The number of aromatic nitrogens is 8. The Balaban J connectivity index is 1.23. The normalized spacial score (nSPS) is 12.0. The molecule has 0 fully saturated rings. The van der Waals surface area contributed by atoms with E-state index >= 15 is 0 Å². The molecule has 0 atom stereocenters. The third-order valence-corrected chi connectivity index (χ3v) is 19.1. The lowest BCUT2D eigenvalue weighted by Crippen LogP contribution is -2.17. The molecule has 0 saturated carbocycles. The Kier molecular flexibility index (Phi) is 11.3. The van der Waals surface area contributed by atoms with Crippen LogP contribution in [0.1, 0.15) is 22.3 Å². The number of hydrogen-bond donors (Lipinski definition) is 0. The minimum atomic E-state index is 0.500. The lowest BCUT2D eigenvalue weighted by atomic mass is 9.96. The van der Waals surface area contributed by atoms with Gasteiger partial charge in [0.25, 0.3) is 0 Å². The topological polar surface area (TPSA) is 71.3 Å². The molecule has 0 aliphatic rings. The van der Waals surface area contributed by atoms with Crippen LogP contribution in [0.25, 0.3) is 165 Å². The molecule has 0 bridgehead atoms. The van der Waals surface area contributed by atoms with Crippen molar-refractivity contribution in [3.8, 4) is 67.5 Å². The maximum Gasteiger partial charge on any atom is 0.167 e. The molecule has 18 aromatic rings. The van der Waals surface area contributed by atoms with Gasteiger partial charge in [0.2, 0.25) is 0 Å². The van der Waals surface area contributed by atoms with Gasteiger partial charge in [0, 0.05) is 54.2 Å². The first-order chi connectivity index (χ1) is 43.8. The molecule has 0 aliphatic heterocycles. The molecule has 6 aromatic heterocycles. The van der Waals surface area contributed by atoms with Gasteiger partial charge in [0.1, 0.15) is 5.01 Å². The first kappa shape index (κ1) is 51.0. The minimum absolute atomic E-state index is 0.500. The molecule has 0 amide bonds. The van der Waals surface area contributed by atoms with E-state index in [1.165, 1.54) is 22.3 Å². The highest BCUT2D eigenvalue weighted by molar-refractivity contribution is 7.21. The molecule has 89 heavy (non-hydrogen) atoms. The SMILES string of the molecule is Cc1ccc2c(c1)c1ccccc1n2-c1c(-c2nc(-c3ccccc3)nc(-c3ccccc3)n2)c(-c2nc3ccccc3s2)c(-n2c3ccccc3c3cc(C)ccc32)c(-n2c3ccccc3c3cc(C)ccc32)c1-n1c2ccccc2c2cc(C)ccc21. The highest BCUT2D eigenvalue weighted by Gasteiger charge is 2.38. The summed E-state index contributed by atoms with van der Waals surface area (Å²) in [5.41, 5.74) is 21.1.